The van der Waals surface area contributed by atoms with Crippen molar-refractivity contribution in [2.45, 2.75) is 25.4 Å². The molecule has 0 amide bonds. The van der Waals surface area contributed by atoms with Crippen LogP contribution in [0.1, 0.15) is 19.3 Å². The minimum atomic E-state index is -0.437. The molecule has 2 N–H and O–H groups in total. The second-order valence-corrected chi connectivity index (χ2v) is 5.50. The Kier molecular flexibility index (Phi) is 5.78. The number of benzene rings is 1. The second kappa shape index (κ2) is 7.59. The molecule has 1 saturated heterocycles. The highest BCUT2D eigenvalue weighted by Gasteiger charge is 2.22. The van der Waals surface area contributed by atoms with E-state index in [-0.39, 0.29) is 11.8 Å². The van der Waals surface area contributed by atoms with E-state index >= 15 is 0 Å². The van der Waals surface area contributed by atoms with Gasteiger partial charge in [0.15, 0.2) is 0 Å². The fourth-order valence-corrected chi connectivity index (χ4v) is 2.76. The average Bonchev–Trinajstić information content (AvgIpc) is 2.48. The maximum atomic E-state index is 10.7. The van der Waals surface area contributed by atoms with Gasteiger partial charge in [0.2, 0.25) is 0 Å². The highest BCUT2D eigenvalue weighted by molar-refractivity contribution is 6.33. The number of nitro benzene ring substituents is 1. The van der Waals surface area contributed by atoms with Crippen LogP contribution in [0, 0.1) is 10.1 Å². The van der Waals surface area contributed by atoms with E-state index in [0.717, 1.165) is 38.0 Å². The number of piperidine rings is 1. The average molecular weight is 314 g/mol. The molecular weight excluding hydrogens is 294 g/mol. The summed E-state index contributed by atoms with van der Waals surface area (Å²) in [6, 6.07) is 4.61. The Labute approximate surface area is 129 Å². The third-order valence-corrected chi connectivity index (χ3v) is 3.93. The van der Waals surface area contributed by atoms with Crippen molar-refractivity contribution in [2.24, 2.45) is 5.73 Å². The number of nitro groups is 1. The number of hydrogen-bond donors (Lipinski definition) is 1. The van der Waals surface area contributed by atoms with Gasteiger partial charge in [0, 0.05) is 31.8 Å². The summed E-state index contributed by atoms with van der Waals surface area (Å²) in [4.78, 5) is 12.4. The molecule has 1 aromatic carbocycles. The molecule has 0 aliphatic carbocycles. The van der Waals surface area contributed by atoms with Crippen molar-refractivity contribution >= 4 is 23.0 Å². The van der Waals surface area contributed by atoms with Crippen LogP contribution in [0.5, 0.6) is 0 Å². The number of nitrogens with zero attached hydrogens (tertiary/aromatic N) is 2. The third kappa shape index (κ3) is 4.30. The van der Waals surface area contributed by atoms with Crippen molar-refractivity contribution in [1.82, 2.24) is 0 Å². The van der Waals surface area contributed by atoms with E-state index < -0.39 is 4.92 Å². The first-order valence-corrected chi connectivity index (χ1v) is 7.50. The Balaban J connectivity index is 1.91. The molecule has 0 aromatic heterocycles. The van der Waals surface area contributed by atoms with Crippen LogP contribution < -0.4 is 10.6 Å². The lowest BCUT2D eigenvalue weighted by atomic mass is 10.1. The minimum absolute atomic E-state index is 0.0174. The summed E-state index contributed by atoms with van der Waals surface area (Å²) in [6.07, 6.45) is 3.01. The summed E-state index contributed by atoms with van der Waals surface area (Å²) in [5.74, 6) is 0. The van der Waals surface area contributed by atoms with Gasteiger partial charge in [0.1, 0.15) is 0 Å². The summed E-state index contributed by atoms with van der Waals surface area (Å²) in [5, 5.41) is 11.1. The van der Waals surface area contributed by atoms with Crippen LogP contribution in [0.25, 0.3) is 0 Å². The molecule has 2 rings (SSSR count). The number of anilines is 1. The van der Waals surface area contributed by atoms with Crippen molar-refractivity contribution in [3.8, 4) is 0 Å². The van der Waals surface area contributed by atoms with Gasteiger partial charge in [0.05, 0.1) is 21.7 Å². The maximum Gasteiger partial charge on any atom is 0.271 e. The molecule has 1 fully saturated rings. The van der Waals surface area contributed by atoms with Gasteiger partial charge in [-0.15, -0.1) is 0 Å². The molecule has 116 valence electrons. The van der Waals surface area contributed by atoms with E-state index in [4.69, 9.17) is 22.1 Å². The standard InChI is InChI=1S/C14H20ClN3O3/c15-13-10-11(18(19)20)2-3-14(13)17-7-4-12(5-8-17)21-9-1-6-16/h2-3,10,12H,1,4-9,16H2. The lowest BCUT2D eigenvalue weighted by molar-refractivity contribution is -0.384. The summed E-state index contributed by atoms with van der Waals surface area (Å²) in [7, 11) is 0. The van der Waals surface area contributed by atoms with Gasteiger partial charge < -0.3 is 15.4 Å². The fraction of sp³-hybridized carbons (Fsp3) is 0.571. The van der Waals surface area contributed by atoms with Crippen molar-refractivity contribution in [3.63, 3.8) is 0 Å². The Morgan fingerprint density at radius 2 is 2.14 bits per heavy atom. The van der Waals surface area contributed by atoms with Crippen LogP contribution in [0.15, 0.2) is 18.2 Å². The minimum Gasteiger partial charge on any atom is -0.378 e. The fourth-order valence-electron chi connectivity index (χ4n) is 2.46. The smallest absolute Gasteiger partial charge is 0.271 e. The Hall–Kier alpha value is -1.37. The molecule has 1 aliphatic rings. The zero-order chi connectivity index (χ0) is 15.2. The van der Waals surface area contributed by atoms with E-state index in [0.29, 0.717) is 18.2 Å². The molecule has 7 heteroatoms. The number of hydrogen-bond acceptors (Lipinski definition) is 5. The lowest BCUT2D eigenvalue weighted by Gasteiger charge is -2.34. The normalized spacial score (nSPS) is 16.2. The van der Waals surface area contributed by atoms with Crippen molar-refractivity contribution in [2.75, 3.05) is 31.1 Å². The van der Waals surface area contributed by atoms with Crippen LogP contribution in [-0.4, -0.2) is 37.3 Å². The van der Waals surface area contributed by atoms with Crippen molar-refractivity contribution in [3.05, 3.63) is 33.3 Å². The number of ether oxygens (including phenoxy) is 1. The van der Waals surface area contributed by atoms with Gasteiger partial charge in [-0.05, 0) is 31.9 Å². The molecule has 6 nitrogen and oxygen atoms in total. The number of rotatable bonds is 6. The third-order valence-electron chi connectivity index (χ3n) is 3.63. The van der Waals surface area contributed by atoms with E-state index in [1.165, 1.54) is 12.1 Å². The molecule has 0 bridgehead atoms. The molecule has 1 aromatic rings. The van der Waals surface area contributed by atoms with E-state index in [9.17, 15) is 10.1 Å². The number of non-ortho nitro benzene ring substituents is 1. The van der Waals surface area contributed by atoms with E-state index in [2.05, 4.69) is 4.90 Å². The predicted octanol–water partition coefficient (Wildman–Crippen LogP) is 2.58. The maximum absolute atomic E-state index is 10.7. The molecule has 1 aliphatic heterocycles. The highest BCUT2D eigenvalue weighted by Crippen LogP contribution is 2.31. The number of halogens is 1. The SMILES string of the molecule is NCCCOC1CCN(c2ccc([N+](=O)[O-])cc2Cl)CC1. The van der Waals surface area contributed by atoms with Crippen LogP contribution in [-0.2, 0) is 4.74 Å². The van der Waals surface area contributed by atoms with Crippen LogP contribution >= 0.6 is 11.6 Å². The molecule has 21 heavy (non-hydrogen) atoms. The summed E-state index contributed by atoms with van der Waals surface area (Å²) < 4.78 is 5.76. The van der Waals surface area contributed by atoms with Crippen LogP contribution in [0.4, 0.5) is 11.4 Å². The summed E-state index contributed by atoms with van der Waals surface area (Å²) in [6.45, 7) is 3.03. The zero-order valence-corrected chi connectivity index (χ0v) is 12.6. The highest BCUT2D eigenvalue weighted by atomic mass is 35.5. The lowest BCUT2D eigenvalue weighted by Crippen LogP contribution is -2.37. The molecule has 0 atom stereocenters. The molecular formula is C14H20ClN3O3. The van der Waals surface area contributed by atoms with Crippen LogP contribution in [0.2, 0.25) is 5.02 Å². The predicted molar refractivity (Wildman–Crippen MR) is 83.0 cm³/mol. The van der Waals surface area contributed by atoms with Gasteiger partial charge in [-0.25, -0.2) is 0 Å². The zero-order valence-electron chi connectivity index (χ0n) is 11.8. The topological polar surface area (TPSA) is 81.6 Å². The number of nitrogens with two attached hydrogens (primary N) is 1. The van der Waals surface area contributed by atoms with Gasteiger partial charge in [0.25, 0.3) is 5.69 Å². The Bertz CT molecular complexity index is 490. The molecule has 0 radical (unpaired) electrons. The first-order chi connectivity index (χ1) is 10.1. The van der Waals surface area contributed by atoms with E-state index in [1.54, 1.807) is 6.07 Å². The molecule has 0 spiro atoms. The quantitative estimate of drug-likeness (QED) is 0.496. The molecule has 0 unspecified atom stereocenters. The summed E-state index contributed by atoms with van der Waals surface area (Å²) in [5.41, 5.74) is 6.31. The molecule has 0 saturated carbocycles. The molecule has 1 heterocycles. The Morgan fingerprint density at radius 3 is 2.71 bits per heavy atom. The van der Waals surface area contributed by atoms with Gasteiger partial charge in [-0.3, -0.25) is 10.1 Å². The van der Waals surface area contributed by atoms with Crippen molar-refractivity contribution in [1.29, 1.82) is 0 Å². The van der Waals surface area contributed by atoms with Crippen LogP contribution in [0.3, 0.4) is 0 Å². The first-order valence-electron chi connectivity index (χ1n) is 7.12. The van der Waals surface area contributed by atoms with Gasteiger partial charge in [-0.1, -0.05) is 11.6 Å². The monoisotopic (exact) mass is 313 g/mol. The largest absolute Gasteiger partial charge is 0.378 e. The Morgan fingerprint density at radius 1 is 1.43 bits per heavy atom. The van der Waals surface area contributed by atoms with Crippen molar-refractivity contribution < 1.29 is 9.66 Å². The van der Waals surface area contributed by atoms with Gasteiger partial charge >= 0.3 is 0 Å². The van der Waals surface area contributed by atoms with E-state index in [1.807, 2.05) is 0 Å². The van der Waals surface area contributed by atoms with Gasteiger partial charge in [-0.2, -0.15) is 0 Å². The summed E-state index contributed by atoms with van der Waals surface area (Å²) >= 11 is 6.15. The first kappa shape index (κ1) is 16.0. The second-order valence-electron chi connectivity index (χ2n) is 5.09.